The predicted octanol–water partition coefficient (Wildman–Crippen LogP) is 1.88. The summed E-state index contributed by atoms with van der Waals surface area (Å²) in [4.78, 5) is 24.8. The second kappa shape index (κ2) is 3.19. The van der Waals surface area contributed by atoms with Gasteiger partial charge in [0.15, 0.2) is 0 Å². The molecule has 0 bridgehead atoms. The minimum Gasteiger partial charge on any atom is -0.272 e. The molecular formula is C12H17NO2. The molecule has 1 saturated carbocycles. The monoisotopic (exact) mass is 207 g/mol. The molecule has 0 aromatic heterocycles. The summed E-state index contributed by atoms with van der Waals surface area (Å²) >= 11 is 0. The molecule has 2 aliphatic rings. The van der Waals surface area contributed by atoms with Crippen LogP contribution in [0.1, 0.15) is 40.0 Å². The Labute approximate surface area is 90.1 Å². The molecule has 0 N–H and O–H groups in total. The Morgan fingerprint density at radius 3 is 2.47 bits per heavy atom. The summed E-state index contributed by atoms with van der Waals surface area (Å²) in [5.74, 6) is -0.220. The summed E-state index contributed by atoms with van der Waals surface area (Å²) in [6.45, 7) is 6.09. The molecule has 0 aromatic carbocycles. The molecular weight excluding hydrogens is 190 g/mol. The zero-order valence-electron chi connectivity index (χ0n) is 9.54. The van der Waals surface area contributed by atoms with Gasteiger partial charge < -0.3 is 0 Å². The van der Waals surface area contributed by atoms with Gasteiger partial charge in [0.05, 0.1) is 0 Å². The molecule has 0 aromatic rings. The van der Waals surface area contributed by atoms with E-state index in [2.05, 4.69) is 13.8 Å². The quantitative estimate of drug-likeness (QED) is 0.616. The predicted molar refractivity (Wildman–Crippen MR) is 57.0 cm³/mol. The van der Waals surface area contributed by atoms with E-state index in [1.807, 2.05) is 0 Å². The van der Waals surface area contributed by atoms with Crippen LogP contribution in [-0.4, -0.2) is 22.8 Å². The van der Waals surface area contributed by atoms with Crippen molar-refractivity contribution < 1.29 is 9.59 Å². The average Bonchev–Trinajstić information content (AvgIpc) is 2.56. The molecule has 0 spiro atoms. The summed E-state index contributed by atoms with van der Waals surface area (Å²) < 4.78 is 0. The number of hydrogen-bond acceptors (Lipinski definition) is 2. The van der Waals surface area contributed by atoms with E-state index in [0.717, 1.165) is 19.3 Å². The van der Waals surface area contributed by atoms with Crippen LogP contribution in [0.4, 0.5) is 0 Å². The number of carbonyl (C=O) groups excluding carboxylic acids is 2. The number of imide groups is 1. The lowest BCUT2D eigenvalue weighted by molar-refractivity contribution is -0.139. The Morgan fingerprint density at radius 2 is 2.07 bits per heavy atom. The van der Waals surface area contributed by atoms with Crippen LogP contribution >= 0.6 is 0 Å². The first kappa shape index (κ1) is 10.4. The minimum absolute atomic E-state index is 0.0947. The third-order valence-corrected chi connectivity index (χ3v) is 3.44. The lowest BCUT2D eigenvalue weighted by atomic mass is 9.91. The van der Waals surface area contributed by atoms with Gasteiger partial charge in [-0.2, -0.15) is 0 Å². The summed E-state index contributed by atoms with van der Waals surface area (Å²) in [6.07, 6.45) is 4.43. The maximum Gasteiger partial charge on any atom is 0.256 e. The molecule has 1 atom stereocenters. The fourth-order valence-corrected chi connectivity index (χ4v) is 2.57. The van der Waals surface area contributed by atoms with Crippen LogP contribution in [-0.2, 0) is 9.59 Å². The number of rotatable bonds is 1. The average molecular weight is 207 g/mol. The largest absolute Gasteiger partial charge is 0.272 e. The van der Waals surface area contributed by atoms with Crippen molar-refractivity contribution >= 4 is 11.8 Å². The van der Waals surface area contributed by atoms with E-state index in [-0.39, 0.29) is 23.3 Å². The lowest BCUT2D eigenvalue weighted by Crippen LogP contribution is -2.39. The van der Waals surface area contributed by atoms with Crippen molar-refractivity contribution in [3.05, 3.63) is 11.6 Å². The Hall–Kier alpha value is -1.12. The number of amides is 2. The smallest absolute Gasteiger partial charge is 0.256 e. The van der Waals surface area contributed by atoms with Crippen molar-refractivity contribution in [1.82, 2.24) is 4.90 Å². The first-order valence-electron chi connectivity index (χ1n) is 5.46. The first-order chi connectivity index (χ1) is 6.91. The van der Waals surface area contributed by atoms with Crippen LogP contribution in [0.3, 0.4) is 0 Å². The lowest BCUT2D eigenvalue weighted by Gasteiger charge is -2.24. The van der Waals surface area contributed by atoms with Crippen molar-refractivity contribution in [3.63, 3.8) is 0 Å². The Morgan fingerprint density at radius 1 is 1.40 bits per heavy atom. The number of nitrogens with zero attached hydrogens (tertiary/aromatic N) is 1. The van der Waals surface area contributed by atoms with Crippen molar-refractivity contribution in [2.24, 2.45) is 5.41 Å². The van der Waals surface area contributed by atoms with Crippen LogP contribution in [0, 0.1) is 5.41 Å². The van der Waals surface area contributed by atoms with Crippen molar-refractivity contribution in [3.8, 4) is 0 Å². The highest BCUT2D eigenvalue weighted by atomic mass is 16.2. The Kier molecular flexibility index (Phi) is 2.21. The first-order valence-corrected chi connectivity index (χ1v) is 5.46. The standard InChI is InChI=1S/C12H17NO2/c1-8-6-10(14)13(11(8)15)9-4-5-12(2,3)7-9/h6,9H,4-5,7H2,1-3H3. The zero-order valence-corrected chi connectivity index (χ0v) is 9.54. The Bertz CT molecular complexity index is 355. The van der Waals surface area contributed by atoms with Crippen LogP contribution in [0.25, 0.3) is 0 Å². The highest BCUT2D eigenvalue weighted by molar-refractivity contribution is 6.16. The highest BCUT2D eigenvalue weighted by Gasteiger charge is 2.41. The minimum atomic E-state index is -0.125. The second-order valence-electron chi connectivity index (χ2n) is 5.40. The zero-order chi connectivity index (χ0) is 11.2. The summed E-state index contributed by atoms with van der Waals surface area (Å²) in [6, 6.07) is 0.119. The third kappa shape index (κ3) is 1.71. The molecule has 1 unspecified atom stereocenters. The van der Waals surface area contributed by atoms with Gasteiger partial charge in [0.2, 0.25) is 0 Å². The summed E-state index contributed by atoms with van der Waals surface area (Å²) in [5.41, 5.74) is 0.839. The molecule has 1 aliphatic heterocycles. The number of hydrogen-bond donors (Lipinski definition) is 0. The molecule has 2 rings (SSSR count). The summed E-state index contributed by atoms with van der Waals surface area (Å²) in [5, 5.41) is 0. The molecule has 1 heterocycles. The normalized spacial score (nSPS) is 29.9. The molecule has 3 nitrogen and oxygen atoms in total. The van der Waals surface area contributed by atoms with Crippen LogP contribution in [0.15, 0.2) is 11.6 Å². The molecule has 2 amide bonds. The van der Waals surface area contributed by atoms with Crippen molar-refractivity contribution in [1.29, 1.82) is 0 Å². The van der Waals surface area contributed by atoms with E-state index in [1.54, 1.807) is 6.92 Å². The van der Waals surface area contributed by atoms with Gasteiger partial charge in [-0.05, 0) is 31.6 Å². The van der Waals surface area contributed by atoms with Gasteiger partial charge in [0, 0.05) is 17.7 Å². The van der Waals surface area contributed by atoms with Crippen LogP contribution in [0.5, 0.6) is 0 Å². The fourth-order valence-electron chi connectivity index (χ4n) is 2.57. The molecule has 1 fully saturated rings. The molecule has 3 heteroatoms. The van der Waals surface area contributed by atoms with E-state index in [0.29, 0.717) is 5.57 Å². The maximum atomic E-state index is 11.8. The van der Waals surface area contributed by atoms with Gasteiger partial charge in [0.25, 0.3) is 11.8 Å². The van der Waals surface area contributed by atoms with E-state index < -0.39 is 0 Å². The SMILES string of the molecule is CC1=CC(=O)N(C2CCC(C)(C)C2)C1=O. The van der Waals surface area contributed by atoms with E-state index in [9.17, 15) is 9.59 Å². The van der Waals surface area contributed by atoms with Crippen LogP contribution < -0.4 is 0 Å². The van der Waals surface area contributed by atoms with Crippen LogP contribution in [0.2, 0.25) is 0 Å². The highest BCUT2D eigenvalue weighted by Crippen LogP contribution is 2.40. The molecule has 15 heavy (non-hydrogen) atoms. The van der Waals surface area contributed by atoms with Gasteiger partial charge in [0.1, 0.15) is 0 Å². The summed E-state index contributed by atoms with van der Waals surface area (Å²) in [7, 11) is 0. The Balaban J connectivity index is 2.14. The molecule has 1 aliphatic carbocycles. The van der Waals surface area contributed by atoms with Crippen molar-refractivity contribution in [2.45, 2.75) is 46.1 Å². The third-order valence-electron chi connectivity index (χ3n) is 3.44. The van der Waals surface area contributed by atoms with Crippen molar-refractivity contribution in [2.75, 3.05) is 0 Å². The maximum absolute atomic E-state index is 11.8. The van der Waals surface area contributed by atoms with Gasteiger partial charge in [-0.25, -0.2) is 0 Å². The molecule has 82 valence electrons. The molecule has 0 radical (unpaired) electrons. The van der Waals surface area contributed by atoms with Gasteiger partial charge in [-0.1, -0.05) is 13.8 Å². The topological polar surface area (TPSA) is 37.4 Å². The van der Waals surface area contributed by atoms with E-state index >= 15 is 0 Å². The van der Waals surface area contributed by atoms with E-state index in [1.165, 1.54) is 11.0 Å². The van der Waals surface area contributed by atoms with Gasteiger partial charge >= 0.3 is 0 Å². The molecule has 0 saturated heterocycles. The fraction of sp³-hybridized carbons (Fsp3) is 0.667. The second-order valence-corrected chi connectivity index (χ2v) is 5.40. The van der Waals surface area contributed by atoms with Gasteiger partial charge in [-0.15, -0.1) is 0 Å². The number of carbonyl (C=O) groups is 2. The van der Waals surface area contributed by atoms with Gasteiger partial charge in [-0.3, -0.25) is 14.5 Å². The van der Waals surface area contributed by atoms with E-state index in [4.69, 9.17) is 0 Å².